The van der Waals surface area contributed by atoms with E-state index in [1.165, 1.54) is 6.20 Å². The van der Waals surface area contributed by atoms with E-state index in [-0.39, 0.29) is 17.7 Å². The Morgan fingerprint density at radius 1 is 1.25 bits per heavy atom. The minimum absolute atomic E-state index is 0.0315. The molecule has 1 aliphatic rings. The largest absolute Gasteiger partial charge is 0.420 e. The van der Waals surface area contributed by atoms with E-state index in [0.717, 1.165) is 0 Å². The van der Waals surface area contributed by atoms with Crippen LogP contribution in [-0.4, -0.2) is 33.6 Å². The van der Waals surface area contributed by atoms with E-state index in [1.807, 2.05) is 0 Å². The lowest BCUT2D eigenvalue weighted by atomic mass is 10.0. The van der Waals surface area contributed by atoms with Crippen LogP contribution in [0, 0.1) is 0 Å². The number of carbonyl (C=O) groups excluding carboxylic acids is 1. The van der Waals surface area contributed by atoms with Gasteiger partial charge in [0.25, 0.3) is 5.91 Å². The Morgan fingerprint density at radius 2 is 2.04 bits per heavy atom. The van der Waals surface area contributed by atoms with E-state index in [0.29, 0.717) is 42.1 Å². The van der Waals surface area contributed by atoms with Crippen LogP contribution in [0.4, 0.5) is 0 Å². The summed E-state index contributed by atoms with van der Waals surface area (Å²) in [7, 11) is 0. The average molecular weight is 348 g/mol. The van der Waals surface area contributed by atoms with Gasteiger partial charge in [0.1, 0.15) is 0 Å². The Hall–Kier alpha value is -2.54. The Balaban J connectivity index is 1.56. The Morgan fingerprint density at radius 3 is 2.75 bits per heavy atom. The fourth-order valence-electron chi connectivity index (χ4n) is 3.16. The number of nitrogens with zero attached hydrogens (tertiary/aromatic N) is 3. The molecule has 8 heteroatoms. The highest BCUT2D eigenvalue weighted by molar-refractivity contribution is 6.31. The van der Waals surface area contributed by atoms with E-state index < -0.39 is 5.76 Å². The van der Waals surface area contributed by atoms with Gasteiger partial charge in [-0.15, -0.1) is 0 Å². The minimum atomic E-state index is -0.396. The third kappa shape index (κ3) is 2.50. The van der Waals surface area contributed by atoms with Crippen LogP contribution in [-0.2, 0) is 0 Å². The number of oxazole rings is 1. The van der Waals surface area contributed by atoms with Crippen LogP contribution in [0.1, 0.15) is 29.4 Å². The Kier molecular flexibility index (Phi) is 3.65. The van der Waals surface area contributed by atoms with Crippen molar-refractivity contribution >= 4 is 28.6 Å². The van der Waals surface area contributed by atoms with Gasteiger partial charge in [-0.25, -0.2) is 4.79 Å². The summed E-state index contributed by atoms with van der Waals surface area (Å²) in [5, 5.41) is 4.11. The first-order valence-electron chi connectivity index (χ1n) is 7.64. The second-order valence-electron chi connectivity index (χ2n) is 5.75. The van der Waals surface area contributed by atoms with Gasteiger partial charge in [-0.1, -0.05) is 16.8 Å². The summed E-state index contributed by atoms with van der Waals surface area (Å²) >= 11 is 6.03. The molecule has 1 saturated heterocycles. The molecule has 2 aromatic heterocycles. The van der Waals surface area contributed by atoms with Crippen molar-refractivity contribution in [3.05, 3.63) is 51.8 Å². The van der Waals surface area contributed by atoms with Crippen molar-refractivity contribution in [1.29, 1.82) is 0 Å². The number of aromatic nitrogens is 2. The molecule has 0 unspecified atom stereocenters. The molecule has 0 radical (unpaired) electrons. The molecular weight excluding hydrogens is 334 g/mol. The fourth-order valence-corrected chi connectivity index (χ4v) is 3.33. The summed E-state index contributed by atoms with van der Waals surface area (Å²) in [6.45, 7) is 1.06. The van der Waals surface area contributed by atoms with Crippen molar-refractivity contribution in [1.82, 2.24) is 14.6 Å². The van der Waals surface area contributed by atoms with E-state index in [2.05, 4.69) is 5.16 Å². The van der Waals surface area contributed by atoms with Crippen molar-refractivity contribution in [2.45, 2.75) is 18.9 Å². The Labute approximate surface area is 141 Å². The van der Waals surface area contributed by atoms with E-state index in [9.17, 15) is 9.59 Å². The van der Waals surface area contributed by atoms with Crippen LogP contribution < -0.4 is 5.76 Å². The molecule has 3 aromatic rings. The highest BCUT2D eigenvalue weighted by Gasteiger charge is 2.28. The van der Waals surface area contributed by atoms with E-state index in [4.69, 9.17) is 20.5 Å². The topological polar surface area (TPSA) is 81.5 Å². The van der Waals surface area contributed by atoms with E-state index in [1.54, 1.807) is 33.7 Å². The molecule has 0 saturated carbocycles. The molecule has 0 bridgehead atoms. The number of halogens is 1. The molecule has 0 aliphatic carbocycles. The second-order valence-corrected chi connectivity index (χ2v) is 6.19. The number of benzene rings is 1. The number of likely N-dealkylation sites (tertiary alicyclic amines) is 1. The molecule has 0 N–H and O–H groups in total. The number of rotatable bonds is 2. The molecule has 1 fully saturated rings. The van der Waals surface area contributed by atoms with Crippen LogP contribution in [0.25, 0.3) is 11.1 Å². The zero-order valence-corrected chi connectivity index (χ0v) is 13.4. The molecule has 124 valence electrons. The quantitative estimate of drug-likeness (QED) is 0.712. The molecule has 3 heterocycles. The number of hydrogen-bond acceptors (Lipinski definition) is 5. The monoisotopic (exact) mass is 347 g/mol. The van der Waals surface area contributed by atoms with E-state index >= 15 is 0 Å². The third-order valence-electron chi connectivity index (χ3n) is 4.34. The lowest BCUT2D eigenvalue weighted by Crippen LogP contribution is -2.40. The third-order valence-corrected chi connectivity index (χ3v) is 4.58. The molecule has 4 rings (SSSR count). The van der Waals surface area contributed by atoms with Crippen molar-refractivity contribution in [2.24, 2.45) is 0 Å². The first-order chi connectivity index (χ1) is 11.6. The zero-order valence-electron chi connectivity index (χ0n) is 12.6. The predicted molar refractivity (Wildman–Crippen MR) is 86.2 cm³/mol. The molecular formula is C16H14ClN3O4. The van der Waals surface area contributed by atoms with Crippen molar-refractivity contribution in [3.63, 3.8) is 0 Å². The van der Waals surface area contributed by atoms with Crippen LogP contribution >= 0.6 is 11.6 Å². The fraction of sp³-hybridized carbons (Fsp3) is 0.312. The molecule has 1 aliphatic heterocycles. The summed E-state index contributed by atoms with van der Waals surface area (Å²) in [6, 6.07) is 6.63. The van der Waals surface area contributed by atoms with Gasteiger partial charge in [0.2, 0.25) is 5.76 Å². The minimum Gasteiger partial charge on any atom is -0.408 e. The summed E-state index contributed by atoms with van der Waals surface area (Å²) in [5.74, 6) is -0.350. The maximum absolute atomic E-state index is 12.3. The summed E-state index contributed by atoms with van der Waals surface area (Å²) in [6.07, 6.45) is 2.75. The molecule has 0 atom stereocenters. The number of amides is 1. The van der Waals surface area contributed by atoms with Gasteiger partial charge in [-0.05, 0) is 31.0 Å². The normalized spacial score (nSPS) is 16.0. The number of hydrogen-bond donors (Lipinski definition) is 0. The van der Waals surface area contributed by atoms with Crippen LogP contribution in [0.5, 0.6) is 0 Å². The number of carbonyl (C=O) groups is 1. The van der Waals surface area contributed by atoms with Gasteiger partial charge < -0.3 is 13.8 Å². The summed E-state index contributed by atoms with van der Waals surface area (Å²) in [4.78, 5) is 26.2. The first-order valence-corrected chi connectivity index (χ1v) is 8.02. The molecule has 1 amide bonds. The van der Waals surface area contributed by atoms with Crippen molar-refractivity contribution < 1.29 is 13.7 Å². The van der Waals surface area contributed by atoms with Crippen LogP contribution in [0.3, 0.4) is 0 Å². The SMILES string of the molecule is O=C(c1ccno1)N1CCC(n2c(=O)oc3ccc(Cl)cc32)CC1. The number of piperidine rings is 1. The molecule has 7 nitrogen and oxygen atoms in total. The van der Waals surface area contributed by atoms with Crippen LogP contribution in [0.2, 0.25) is 5.02 Å². The Bertz CT molecular complexity index is 936. The smallest absolute Gasteiger partial charge is 0.408 e. The summed E-state index contributed by atoms with van der Waals surface area (Å²) in [5.41, 5.74) is 1.21. The molecule has 24 heavy (non-hydrogen) atoms. The maximum Gasteiger partial charge on any atom is 0.420 e. The molecule has 1 aromatic carbocycles. The highest BCUT2D eigenvalue weighted by atomic mass is 35.5. The predicted octanol–water partition coefficient (Wildman–Crippen LogP) is 2.71. The molecule has 0 spiro atoms. The summed E-state index contributed by atoms with van der Waals surface area (Å²) < 4.78 is 11.8. The average Bonchev–Trinajstić information content (AvgIpc) is 3.21. The number of fused-ring (bicyclic) bond motifs is 1. The van der Waals surface area contributed by atoms with Gasteiger partial charge in [-0.2, -0.15) is 0 Å². The van der Waals surface area contributed by atoms with Gasteiger partial charge in [0.15, 0.2) is 5.58 Å². The van der Waals surface area contributed by atoms with Gasteiger partial charge >= 0.3 is 5.76 Å². The standard InChI is InChI=1S/C16H14ClN3O4/c17-10-1-2-13-12(9-10)20(16(22)23-13)11-4-7-19(8-5-11)15(21)14-3-6-18-24-14/h1-3,6,9,11H,4-5,7-8H2. The maximum atomic E-state index is 12.3. The van der Waals surface area contributed by atoms with Gasteiger partial charge in [0, 0.05) is 30.2 Å². The zero-order chi connectivity index (χ0) is 16.7. The van der Waals surface area contributed by atoms with Crippen molar-refractivity contribution in [2.75, 3.05) is 13.1 Å². The lowest BCUT2D eigenvalue weighted by Gasteiger charge is -2.31. The highest BCUT2D eigenvalue weighted by Crippen LogP contribution is 2.27. The second kappa shape index (κ2) is 5.83. The van der Waals surface area contributed by atoms with Gasteiger partial charge in [-0.3, -0.25) is 9.36 Å². The first kappa shape index (κ1) is 15.0. The lowest BCUT2D eigenvalue weighted by molar-refractivity contribution is 0.0652. The van der Waals surface area contributed by atoms with Crippen LogP contribution in [0.15, 0.2) is 44.2 Å². The van der Waals surface area contributed by atoms with Crippen molar-refractivity contribution in [3.8, 4) is 0 Å². The van der Waals surface area contributed by atoms with Gasteiger partial charge in [0.05, 0.1) is 11.7 Å².